The Labute approximate surface area is 161 Å². The van der Waals surface area contributed by atoms with E-state index in [1.165, 1.54) is 6.92 Å². The van der Waals surface area contributed by atoms with Crippen LogP contribution in [0.5, 0.6) is 0 Å². The van der Waals surface area contributed by atoms with E-state index in [1.807, 2.05) is 24.3 Å². The topological polar surface area (TPSA) is 92.6 Å². The Bertz CT molecular complexity index is 945. The molecule has 2 aromatic carbocycles. The Morgan fingerprint density at radius 3 is 2.79 bits per heavy atom. The lowest BCUT2D eigenvalue weighted by Crippen LogP contribution is -2.30. The number of nitro benzene ring substituents is 1. The van der Waals surface area contributed by atoms with Gasteiger partial charge in [0.05, 0.1) is 4.92 Å². The molecule has 0 radical (unpaired) electrons. The van der Waals surface area contributed by atoms with Gasteiger partial charge in [-0.15, -0.1) is 0 Å². The fourth-order valence-electron chi connectivity index (χ4n) is 3.42. The number of anilines is 1. The quantitative estimate of drug-likeness (QED) is 0.470. The largest absolute Gasteiger partial charge is 0.352 e. The molecule has 8 heteroatoms. The SMILES string of the molecule is Cc1cc(F)cc(C(=O)NCCCC(=O)N2CCc3ccccc32)c1[N+](=O)[O-]. The molecule has 0 atom stereocenters. The van der Waals surface area contributed by atoms with E-state index in [4.69, 9.17) is 0 Å². The van der Waals surface area contributed by atoms with Crippen molar-refractivity contribution in [3.05, 3.63) is 69.0 Å². The molecule has 0 aliphatic carbocycles. The Hall–Kier alpha value is -3.29. The van der Waals surface area contributed by atoms with E-state index < -0.39 is 22.3 Å². The maximum absolute atomic E-state index is 13.6. The van der Waals surface area contributed by atoms with Crippen LogP contribution in [0.1, 0.15) is 34.3 Å². The summed E-state index contributed by atoms with van der Waals surface area (Å²) in [6, 6.07) is 9.60. The molecule has 28 heavy (non-hydrogen) atoms. The highest BCUT2D eigenvalue weighted by Gasteiger charge is 2.25. The first kappa shape index (κ1) is 19.5. The maximum Gasteiger partial charge on any atom is 0.285 e. The molecule has 0 aromatic heterocycles. The van der Waals surface area contributed by atoms with Gasteiger partial charge in [0.25, 0.3) is 11.6 Å². The van der Waals surface area contributed by atoms with Gasteiger partial charge in [0, 0.05) is 30.8 Å². The van der Waals surface area contributed by atoms with Gasteiger partial charge in [-0.3, -0.25) is 19.7 Å². The van der Waals surface area contributed by atoms with Gasteiger partial charge in [-0.2, -0.15) is 0 Å². The normalized spacial score (nSPS) is 12.6. The van der Waals surface area contributed by atoms with E-state index in [1.54, 1.807) is 4.90 Å². The molecule has 2 aromatic rings. The number of rotatable bonds is 6. The standard InChI is InChI=1S/C20H20FN3O4/c1-13-11-15(21)12-16(19(13)24(27)28)20(26)22-9-4-7-18(25)23-10-8-14-5-2-3-6-17(14)23/h2-3,5-6,11-12H,4,7-10H2,1H3,(H,22,26). The van der Waals surface area contributed by atoms with Crippen LogP contribution < -0.4 is 10.2 Å². The third kappa shape index (κ3) is 4.00. The van der Waals surface area contributed by atoms with Crippen molar-refractivity contribution in [1.82, 2.24) is 5.32 Å². The first-order valence-electron chi connectivity index (χ1n) is 8.99. The lowest BCUT2D eigenvalue weighted by atomic mass is 10.1. The highest BCUT2D eigenvalue weighted by Crippen LogP contribution is 2.28. The van der Waals surface area contributed by atoms with Crippen LogP contribution in [-0.2, 0) is 11.2 Å². The molecule has 0 saturated carbocycles. The lowest BCUT2D eigenvalue weighted by Gasteiger charge is -2.17. The zero-order valence-electron chi connectivity index (χ0n) is 15.4. The first-order chi connectivity index (χ1) is 13.4. The molecule has 0 saturated heterocycles. The minimum Gasteiger partial charge on any atom is -0.352 e. The van der Waals surface area contributed by atoms with Gasteiger partial charge < -0.3 is 10.2 Å². The molecular weight excluding hydrogens is 365 g/mol. The average molecular weight is 385 g/mol. The monoisotopic (exact) mass is 385 g/mol. The van der Waals surface area contributed by atoms with Crippen LogP contribution in [0, 0.1) is 22.9 Å². The van der Waals surface area contributed by atoms with E-state index in [-0.39, 0.29) is 30.0 Å². The van der Waals surface area contributed by atoms with Crippen molar-refractivity contribution in [3.8, 4) is 0 Å². The van der Waals surface area contributed by atoms with Crippen molar-refractivity contribution in [2.45, 2.75) is 26.2 Å². The number of halogens is 1. The van der Waals surface area contributed by atoms with E-state index in [0.29, 0.717) is 13.0 Å². The van der Waals surface area contributed by atoms with E-state index in [9.17, 15) is 24.1 Å². The number of carbonyl (C=O) groups is 2. The summed E-state index contributed by atoms with van der Waals surface area (Å²) in [7, 11) is 0. The van der Waals surface area contributed by atoms with E-state index in [2.05, 4.69) is 5.32 Å². The molecular formula is C20H20FN3O4. The molecule has 0 unspecified atom stereocenters. The van der Waals surface area contributed by atoms with Crippen molar-refractivity contribution < 1.29 is 18.9 Å². The van der Waals surface area contributed by atoms with Crippen LogP contribution in [0.15, 0.2) is 36.4 Å². The molecule has 3 rings (SSSR count). The molecule has 7 nitrogen and oxygen atoms in total. The lowest BCUT2D eigenvalue weighted by molar-refractivity contribution is -0.385. The summed E-state index contributed by atoms with van der Waals surface area (Å²) in [6.07, 6.45) is 1.44. The molecule has 1 heterocycles. The summed E-state index contributed by atoms with van der Waals surface area (Å²) in [4.78, 5) is 36.9. The fraction of sp³-hybridized carbons (Fsp3) is 0.300. The number of hydrogen-bond acceptors (Lipinski definition) is 4. The van der Waals surface area contributed by atoms with Crippen LogP contribution in [-0.4, -0.2) is 29.8 Å². The minimum atomic E-state index is -0.728. The third-order valence-electron chi connectivity index (χ3n) is 4.73. The summed E-state index contributed by atoms with van der Waals surface area (Å²) in [5.41, 5.74) is 1.41. The Kier molecular flexibility index (Phi) is 5.67. The van der Waals surface area contributed by atoms with Crippen molar-refractivity contribution in [2.75, 3.05) is 18.0 Å². The zero-order chi connectivity index (χ0) is 20.3. The summed E-state index contributed by atoms with van der Waals surface area (Å²) >= 11 is 0. The number of nitrogens with zero attached hydrogens (tertiary/aromatic N) is 2. The summed E-state index contributed by atoms with van der Waals surface area (Å²) in [6.45, 7) is 2.18. The van der Waals surface area contributed by atoms with Crippen LogP contribution in [0.3, 0.4) is 0 Å². The second-order valence-corrected chi connectivity index (χ2v) is 6.66. The Morgan fingerprint density at radius 1 is 1.29 bits per heavy atom. The van der Waals surface area contributed by atoms with Gasteiger partial charge >= 0.3 is 0 Å². The van der Waals surface area contributed by atoms with Gasteiger partial charge in [0.1, 0.15) is 11.4 Å². The second kappa shape index (κ2) is 8.16. The molecule has 0 fully saturated rings. The van der Waals surface area contributed by atoms with Crippen LogP contribution in [0.2, 0.25) is 0 Å². The number of aryl methyl sites for hydroxylation is 1. The highest BCUT2D eigenvalue weighted by molar-refractivity contribution is 5.99. The third-order valence-corrected chi connectivity index (χ3v) is 4.73. The van der Waals surface area contributed by atoms with Gasteiger partial charge in [-0.1, -0.05) is 18.2 Å². The smallest absolute Gasteiger partial charge is 0.285 e. The number of hydrogen-bond donors (Lipinski definition) is 1. The van der Waals surface area contributed by atoms with Gasteiger partial charge in [-0.25, -0.2) is 4.39 Å². The average Bonchev–Trinajstić information content (AvgIpc) is 3.08. The number of amides is 2. The number of nitrogens with one attached hydrogen (secondary N) is 1. The maximum atomic E-state index is 13.6. The molecule has 1 N–H and O–H groups in total. The molecule has 1 aliphatic rings. The zero-order valence-corrected chi connectivity index (χ0v) is 15.4. The summed E-state index contributed by atoms with van der Waals surface area (Å²) in [5.74, 6) is -1.48. The predicted molar refractivity (Wildman–Crippen MR) is 102 cm³/mol. The van der Waals surface area contributed by atoms with Crippen molar-refractivity contribution >= 4 is 23.2 Å². The van der Waals surface area contributed by atoms with Gasteiger partial charge in [0.2, 0.25) is 5.91 Å². The number of fused-ring (bicyclic) bond motifs is 1. The number of benzene rings is 2. The molecule has 2 amide bonds. The van der Waals surface area contributed by atoms with E-state index in [0.717, 1.165) is 29.8 Å². The second-order valence-electron chi connectivity index (χ2n) is 6.66. The Balaban J connectivity index is 1.56. The highest BCUT2D eigenvalue weighted by atomic mass is 19.1. The first-order valence-corrected chi connectivity index (χ1v) is 8.99. The number of carbonyl (C=O) groups excluding carboxylic acids is 2. The fourth-order valence-corrected chi connectivity index (χ4v) is 3.42. The van der Waals surface area contributed by atoms with E-state index >= 15 is 0 Å². The van der Waals surface area contributed by atoms with Crippen molar-refractivity contribution in [2.24, 2.45) is 0 Å². The van der Waals surface area contributed by atoms with Crippen molar-refractivity contribution in [1.29, 1.82) is 0 Å². The van der Waals surface area contributed by atoms with Crippen LogP contribution in [0.25, 0.3) is 0 Å². The van der Waals surface area contributed by atoms with Crippen LogP contribution >= 0.6 is 0 Å². The number of nitro groups is 1. The molecule has 0 spiro atoms. The van der Waals surface area contributed by atoms with Crippen molar-refractivity contribution in [3.63, 3.8) is 0 Å². The molecule has 0 bridgehead atoms. The number of para-hydroxylation sites is 1. The minimum absolute atomic E-state index is 0.0354. The summed E-state index contributed by atoms with van der Waals surface area (Å²) < 4.78 is 13.6. The predicted octanol–water partition coefficient (Wildman–Crippen LogP) is 3.14. The molecule has 1 aliphatic heterocycles. The van der Waals surface area contributed by atoms with Crippen LogP contribution in [0.4, 0.5) is 15.8 Å². The summed E-state index contributed by atoms with van der Waals surface area (Å²) in [5, 5.41) is 13.7. The molecule has 146 valence electrons. The van der Waals surface area contributed by atoms with Gasteiger partial charge in [-0.05, 0) is 43.5 Å². The Morgan fingerprint density at radius 2 is 2.04 bits per heavy atom. The van der Waals surface area contributed by atoms with Gasteiger partial charge in [0.15, 0.2) is 0 Å².